The molecule has 0 spiro atoms. The monoisotopic (exact) mass is 394 g/mol. The summed E-state index contributed by atoms with van der Waals surface area (Å²) in [6.07, 6.45) is 7.18. The first kappa shape index (κ1) is 18.7. The average Bonchev–Trinajstić information content (AvgIpc) is 3.13. The number of rotatable bonds is 5. The summed E-state index contributed by atoms with van der Waals surface area (Å²) in [6.45, 7) is 0. The molecule has 5 nitrogen and oxygen atoms in total. The Balaban J connectivity index is 1.75. The molecule has 0 bridgehead atoms. The number of oxazole rings is 1. The van der Waals surface area contributed by atoms with E-state index < -0.39 is 10.0 Å². The van der Waals surface area contributed by atoms with E-state index >= 15 is 0 Å². The van der Waals surface area contributed by atoms with E-state index in [0.29, 0.717) is 18.1 Å². The highest BCUT2D eigenvalue weighted by Crippen LogP contribution is 2.35. The predicted molar refractivity (Wildman–Crippen MR) is 109 cm³/mol. The SMILES string of the molecule is NS(=O)(=O)c1ccc(-c2oc(Cc3ccccc3)nc2C2=CCCCC2)cc1. The van der Waals surface area contributed by atoms with Crippen LogP contribution in [0.4, 0.5) is 0 Å². The van der Waals surface area contributed by atoms with Crippen LogP contribution in [0.25, 0.3) is 16.9 Å². The lowest BCUT2D eigenvalue weighted by atomic mass is 9.95. The zero-order valence-corrected chi connectivity index (χ0v) is 16.3. The lowest BCUT2D eigenvalue weighted by Crippen LogP contribution is -2.11. The second-order valence-corrected chi connectivity index (χ2v) is 8.55. The van der Waals surface area contributed by atoms with Crippen LogP contribution >= 0.6 is 0 Å². The van der Waals surface area contributed by atoms with Crippen molar-refractivity contribution in [2.45, 2.75) is 37.0 Å². The van der Waals surface area contributed by atoms with E-state index in [1.165, 1.54) is 24.1 Å². The van der Waals surface area contributed by atoms with Crippen molar-refractivity contribution in [3.05, 3.63) is 77.8 Å². The number of sulfonamides is 1. The van der Waals surface area contributed by atoms with Gasteiger partial charge in [0.25, 0.3) is 0 Å². The first-order chi connectivity index (χ1) is 13.5. The number of nitrogens with zero attached hydrogens (tertiary/aromatic N) is 1. The van der Waals surface area contributed by atoms with Gasteiger partial charge in [-0.2, -0.15) is 0 Å². The maximum Gasteiger partial charge on any atom is 0.238 e. The van der Waals surface area contributed by atoms with Crippen LogP contribution in [0.5, 0.6) is 0 Å². The Hall–Kier alpha value is -2.70. The first-order valence-corrected chi connectivity index (χ1v) is 10.9. The van der Waals surface area contributed by atoms with E-state index in [0.717, 1.165) is 36.1 Å². The molecule has 1 heterocycles. The highest BCUT2D eigenvalue weighted by atomic mass is 32.2. The number of hydrogen-bond acceptors (Lipinski definition) is 4. The number of aromatic nitrogens is 1. The van der Waals surface area contributed by atoms with Gasteiger partial charge in [0, 0.05) is 12.0 Å². The molecule has 0 radical (unpaired) electrons. The topological polar surface area (TPSA) is 86.2 Å². The Bertz CT molecular complexity index is 1100. The Morgan fingerprint density at radius 1 is 1.00 bits per heavy atom. The Kier molecular flexibility index (Phi) is 5.15. The van der Waals surface area contributed by atoms with Crippen molar-refractivity contribution in [1.29, 1.82) is 0 Å². The van der Waals surface area contributed by atoms with E-state index in [4.69, 9.17) is 14.5 Å². The summed E-state index contributed by atoms with van der Waals surface area (Å²) in [5.41, 5.74) is 3.97. The van der Waals surface area contributed by atoms with E-state index in [2.05, 4.69) is 6.08 Å². The van der Waals surface area contributed by atoms with Crippen LogP contribution in [0.2, 0.25) is 0 Å². The Labute approximate surface area is 165 Å². The number of benzene rings is 2. The normalized spacial score (nSPS) is 14.7. The lowest BCUT2D eigenvalue weighted by molar-refractivity contribution is 0.519. The minimum Gasteiger partial charge on any atom is -0.440 e. The van der Waals surface area contributed by atoms with Crippen LogP contribution in [-0.4, -0.2) is 13.4 Å². The lowest BCUT2D eigenvalue weighted by Gasteiger charge is -2.11. The molecule has 28 heavy (non-hydrogen) atoms. The molecule has 0 fully saturated rings. The van der Waals surface area contributed by atoms with Crippen molar-refractivity contribution in [1.82, 2.24) is 4.98 Å². The third-order valence-corrected chi connectivity index (χ3v) is 5.84. The third-order valence-electron chi connectivity index (χ3n) is 4.91. The van der Waals surface area contributed by atoms with Crippen molar-refractivity contribution in [2.24, 2.45) is 5.14 Å². The summed E-state index contributed by atoms with van der Waals surface area (Å²) in [5, 5.41) is 5.21. The van der Waals surface area contributed by atoms with Crippen LogP contribution in [0, 0.1) is 0 Å². The van der Waals surface area contributed by atoms with E-state index in [1.54, 1.807) is 12.1 Å². The van der Waals surface area contributed by atoms with E-state index in [1.807, 2.05) is 30.3 Å². The maximum atomic E-state index is 11.5. The predicted octanol–water partition coefficient (Wildman–Crippen LogP) is 4.54. The molecule has 0 saturated heterocycles. The smallest absolute Gasteiger partial charge is 0.238 e. The van der Waals surface area contributed by atoms with Gasteiger partial charge >= 0.3 is 0 Å². The van der Waals surface area contributed by atoms with Crippen LogP contribution < -0.4 is 5.14 Å². The summed E-state index contributed by atoms with van der Waals surface area (Å²) >= 11 is 0. The van der Waals surface area contributed by atoms with Crippen molar-refractivity contribution in [3.8, 4) is 11.3 Å². The number of nitrogens with two attached hydrogens (primary N) is 1. The van der Waals surface area contributed by atoms with Crippen molar-refractivity contribution < 1.29 is 12.8 Å². The zero-order chi connectivity index (χ0) is 19.6. The van der Waals surface area contributed by atoms with Crippen molar-refractivity contribution in [2.75, 3.05) is 0 Å². The zero-order valence-electron chi connectivity index (χ0n) is 15.5. The Morgan fingerprint density at radius 2 is 1.75 bits per heavy atom. The van der Waals surface area contributed by atoms with E-state index in [9.17, 15) is 8.42 Å². The summed E-state index contributed by atoms with van der Waals surface area (Å²) < 4.78 is 29.2. The van der Waals surface area contributed by atoms with Crippen LogP contribution in [0.3, 0.4) is 0 Å². The van der Waals surface area contributed by atoms with Crippen molar-refractivity contribution >= 4 is 15.6 Å². The fourth-order valence-electron chi connectivity index (χ4n) is 3.47. The van der Waals surface area contributed by atoms with Gasteiger partial charge in [-0.15, -0.1) is 0 Å². The summed E-state index contributed by atoms with van der Waals surface area (Å²) in [4.78, 5) is 4.88. The average molecular weight is 394 g/mol. The number of allylic oxidation sites excluding steroid dienone is 2. The summed E-state index contributed by atoms with van der Waals surface area (Å²) in [7, 11) is -3.73. The minimum absolute atomic E-state index is 0.0821. The van der Waals surface area contributed by atoms with Gasteiger partial charge in [-0.3, -0.25) is 0 Å². The molecule has 0 aliphatic heterocycles. The summed E-state index contributed by atoms with van der Waals surface area (Å²) in [6, 6.07) is 16.5. The molecule has 1 aliphatic rings. The van der Waals surface area contributed by atoms with Gasteiger partial charge in [0.2, 0.25) is 10.0 Å². The molecular weight excluding hydrogens is 372 g/mol. The molecule has 1 aromatic heterocycles. The molecule has 2 aromatic carbocycles. The quantitative estimate of drug-likeness (QED) is 0.688. The molecule has 0 atom stereocenters. The van der Waals surface area contributed by atoms with Crippen molar-refractivity contribution in [3.63, 3.8) is 0 Å². The second-order valence-electron chi connectivity index (χ2n) is 6.99. The molecule has 0 unspecified atom stereocenters. The molecule has 144 valence electrons. The third kappa shape index (κ3) is 4.08. The van der Waals surface area contributed by atoms with Crippen LogP contribution in [0.15, 0.2) is 70.0 Å². The number of hydrogen-bond donors (Lipinski definition) is 1. The van der Waals surface area contributed by atoms with Crippen LogP contribution in [0.1, 0.15) is 42.8 Å². The molecule has 3 aromatic rings. The van der Waals surface area contributed by atoms with E-state index in [-0.39, 0.29) is 4.90 Å². The molecule has 6 heteroatoms. The fourth-order valence-corrected chi connectivity index (χ4v) is 3.99. The van der Waals surface area contributed by atoms with Gasteiger partial charge in [-0.1, -0.05) is 36.4 Å². The van der Waals surface area contributed by atoms with Gasteiger partial charge in [0.1, 0.15) is 5.69 Å². The molecular formula is C22H22N2O3S. The summed E-state index contributed by atoms with van der Waals surface area (Å²) in [5.74, 6) is 1.33. The Morgan fingerprint density at radius 3 is 2.39 bits per heavy atom. The minimum atomic E-state index is -3.73. The number of primary sulfonamides is 1. The van der Waals surface area contributed by atoms with Crippen LogP contribution in [-0.2, 0) is 16.4 Å². The maximum absolute atomic E-state index is 11.5. The highest BCUT2D eigenvalue weighted by Gasteiger charge is 2.20. The first-order valence-electron chi connectivity index (χ1n) is 9.37. The molecule has 1 aliphatic carbocycles. The standard InChI is InChI=1S/C22H22N2O3S/c23-28(25,26)19-13-11-18(12-14-19)22-21(17-9-5-2-6-10-17)24-20(27-22)15-16-7-3-1-4-8-16/h1,3-4,7-9,11-14H,2,5-6,10,15H2,(H2,23,25,26). The van der Waals surface area contributed by atoms with Gasteiger partial charge in [-0.05, 0) is 61.1 Å². The fraction of sp³-hybridized carbons (Fsp3) is 0.227. The molecule has 4 rings (SSSR count). The van der Waals surface area contributed by atoms with Gasteiger partial charge in [-0.25, -0.2) is 18.5 Å². The van der Waals surface area contributed by atoms with Gasteiger partial charge in [0.15, 0.2) is 11.7 Å². The van der Waals surface area contributed by atoms with Gasteiger partial charge in [0.05, 0.1) is 4.90 Å². The highest BCUT2D eigenvalue weighted by molar-refractivity contribution is 7.89. The molecule has 0 amide bonds. The largest absolute Gasteiger partial charge is 0.440 e. The molecule has 0 saturated carbocycles. The van der Waals surface area contributed by atoms with Gasteiger partial charge < -0.3 is 4.42 Å². The second kappa shape index (κ2) is 7.73. The molecule has 2 N–H and O–H groups in total.